The predicted octanol–water partition coefficient (Wildman–Crippen LogP) is 2.85. The van der Waals surface area contributed by atoms with E-state index in [2.05, 4.69) is 10.2 Å². The Kier molecular flexibility index (Phi) is 6.23. The number of carboxylic acid groups (broad SMARTS) is 2. The third-order valence-corrected chi connectivity index (χ3v) is 2.51. The van der Waals surface area contributed by atoms with Crippen LogP contribution >= 0.6 is 0 Å². The molecule has 21 heavy (non-hydrogen) atoms. The molecule has 0 bridgehead atoms. The van der Waals surface area contributed by atoms with Crippen LogP contribution in [0.25, 0.3) is 0 Å². The van der Waals surface area contributed by atoms with Gasteiger partial charge in [-0.05, 0) is 48.5 Å². The van der Waals surface area contributed by atoms with E-state index >= 15 is 0 Å². The molecule has 0 aliphatic heterocycles. The molecule has 2 aromatic carbocycles. The van der Waals surface area contributed by atoms with Crippen LogP contribution in [0.1, 0.15) is 20.7 Å². The second kappa shape index (κ2) is 7.68. The fraction of sp³-hybridized carbons (Fsp3) is 0. The summed E-state index contributed by atoms with van der Waals surface area (Å²) >= 11 is 0. The molecule has 2 aromatic rings. The summed E-state index contributed by atoms with van der Waals surface area (Å²) < 4.78 is 0. The summed E-state index contributed by atoms with van der Waals surface area (Å²) in [4.78, 5) is 21.4. The van der Waals surface area contributed by atoms with E-state index in [-0.39, 0.29) is 40.7 Å². The average Bonchev–Trinajstić information content (AvgIpc) is 2.46. The quantitative estimate of drug-likeness (QED) is 0.669. The third kappa shape index (κ3) is 4.78. The molecule has 0 saturated carbocycles. The fourth-order valence-corrected chi connectivity index (χ4v) is 1.46. The summed E-state index contributed by atoms with van der Waals surface area (Å²) in [5, 5.41) is 25.4. The molecule has 2 N–H and O–H groups in total. The molecular weight excluding hydrogens is 283 g/mol. The number of azo groups is 1. The molecule has 0 aliphatic rings. The molecule has 0 fully saturated rings. The van der Waals surface area contributed by atoms with E-state index in [1.54, 1.807) is 24.3 Å². The van der Waals surface area contributed by atoms with Gasteiger partial charge in [0, 0.05) is 0 Å². The maximum absolute atomic E-state index is 10.7. The molecule has 0 saturated heterocycles. The zero-order valence-electron chi connectivity index (χ0n) is 10.2. The third-order valence-electron chi connectivity index (χ3n) is 2.51. The minimum absolute atomic E-state index is 0. The van der Waals surface area contributed by atoms with Gasteiger partial charge in [0.25, 0.3) is 0 Å². The Morgan fingerprint density at radius 3 is 1.19 bits per heavy atom. The van der Waals surface area contributed by atoms with E-state index in [4.69, 9.17) is 10.2 Å². The standard InChI is InChI=1S/C14H10N2O4.Na.H/c17-13(18)9-1-5-11(6-2-9)15-16-12-7-3-10(4-8-12)14(19)20;;/h1-8H,(H,17,18)(H,19,20);;/b16-15+;;. The second-order valence-electron chi connectivity index (χ2n) is 3.90. The summed E-state index contributed by atoms with van der Waals surface area (Å²) in [7, 11) is 0. The molecule has 7 heteroatoms. The summed E-state index contributed by atoms with van der Waals surface area (Å²) in [6.07, 6.45) is 0. The number of aromatic carboxylic acids is 2. The van der Waals surface area contributed by atoms with Crippen molar-refractivity contribution in [1.29, 1.82) is 0 Å². The molecule has 0 radical (unpaired) electrons. The van der Waals surface area contributed by atoms with Crippen LogP contribution in [0, 0.1) is 0 Å². The van der Waals surface area contributed by atoms with Crippen molar-refractivity contribution in [3.63, 3.8) is 0 Å². The zero-order valence-corrected chi connectivity index (χ0v) is 10.2. The van der Waals surface area contributed by atoms with Gasteiger partial charge in [0.15, 0.2) is 0 Å². The van der Waals surface area contributed by atoms with Crippen LogP contribution in [-0.4, -0.2) is 51.7 Å². The molecule has 0 heterocycles. The Bertz CT molecular complexity index is 607. The van der Waals surface area contributed by atoms with Gasteiger partial charge < -0.3 is 10.2 Å². The van der Waals surface area contributed by atoms with Crippen LogP contribution in [0.15, 0.2) is 58.8 Å². The van der Waals surface area contributed by atoms with Gasteiger partial charge in [0.05, 0.1) is 22.5 Å². The van der Waals surface area contributed by atoms with Gasteiger partial charge in [0.2, 0.25) is 0 Å². The number of hydrogen-bond donors (Lipinski definition) is 2. The first-order valence-corrected chi connectivity index (χ1v) is 5.65. The van der Waals surface area contributed by atoms with E-state index in [1.807, 2.05) is 0 Å². The minimum atomic E-state index is -1.00. The first-order chi connectivity index (χ1) is 9.56. The van der Waals surface area contributed by atoms with E-state index in [9.17, 15) is 9.59 Å². The molecule has 0 aliphatic carbocycles. The van der Waals surface area contributed by atoms with Gasteiger partial charge in [-0.1, -0.05) is 0 Å². The summed E-state index contributed by atoms with van der Waals surface area (Å²) in [6.45, 7) is 0. The molecule has 0 spiro atoms. The molecule has 2 rings (SSSR count). The van der Waals surface area contributed by atoms with Crippen molar-refractivity contribution in [1.82, 2.24) is 0 Å². The van der Waals surface area contributed by atoms with Gasteiger partial charge in [-0.3, -0.25) is 0 Å². The normalized spacial score (nSPS) is 10.1. The van der Waals surface area contributed by atoms with Gasteiger partial charge in [-0.2, -0.15) is 10.2 Å². The molecule has 6 nitrogen and oxygen atoms in total. The zero-order chi connectivity index (χ0) is 14.5. The number of rotatable bonds is 4. The van der Waals surface area contributed by atoms with Crippen molar-refractivity contribution >= 4 is 52.9 Å². The molecule has 0 aromatic heterocycles. The van der Waals surface area contributed by atoms with Gasteiger partial charge in [-0.25, -0.2) is 9.59 Å². The van der Waals surface area contributed by atoms with Crippen molar-refractivity contribution in [3.8, 4) is 0 Å². The van der Waals surface area contributed by atoms with E-state index in [1.165, 1.54) is 24.3 Å². The SMILES string of the molecule is O=C(O)c1ccc(/N=N/c2ccc(C(=O)O)cc2)cc1.[NaH]. The maximum atomic E-state index is 10.7. The summed E-state index contributed by atoms with van der Waals surface area (Å²) in [6, 6.07) is 11.9. The topological polar surface area (TPSA) is 99.3 Å². The Morgan fingerprint density at radius 1 is 0.667 bits per heavy atom. The van der Waals surface area contributed by atoms with Crippen molar-refractivity contribution in [2.24, 2.45) is 10.2 Å². The molecule has 0 atom stereocenters. The number of hydrogen-bond acceptors (Lipinski definition) is 4. The Hall–Kier alpha value is -2.02. The first-order valence-electron chi connectivity index (χ1n) is 5.65. The van der Waals surface area contributed by atoms with Crippen LogP contribution in [-0.2, 0) is 0 Å². The van der Waals surface area contributed by atoms with E-state index in [0.29, 0.717) is 11.4 Å². The molecule has 0 amide bonds. The summed E-state index contributed by atoms with van der Waals surface area (Å²) in [5.74, 6) is -2.00. The van der Waals surface area contributed by atoms with Crippen LogP contribution in [0.4, 0.5) is 11.4 Å². The van der Waals surface area contributed by atoms with Gasteiger partial charge >= 0.3 is 41.5 Å². The Balaban J connectivity index is 0.00000220. The van der Waals surface area contributed by atoms with Crippen molar-refractivity contribution in [3.05, 3.63) is 59.7 Å². The van der Waals surface area contributed by atoms with Gasteiger partial charge in [0.1, 0.15) is 0 Å². The molecular formula is C14H11N2NaO4. The Labute approximate surface area is 142 Å². The van der Waals surface area contributed by atoms with E-state index in [0.717, 1.165) is 0 Å². The number of carbonyl (C=O) groups is 2. The molecule has 0 unspecified atom stereocenters. The van der Waals surface area contributed by atoms with Gasteiger partial charge in [-0.15, -0.1) is 0 Å². The van der Waals surface area contributed by atoms with Crippen molar-refractivity contribution < 1.29 is 19.8 Å². The van der Waals surface area contributed by atoms with Crippen LogP contribution in [0.3, 0.4) is 0 Å². The van der Waals surface area contributed by atoms with Crippen molar-refractivity contribution in [2.45, 2.75) is 0 Å². The van der Waals surface area contributed by atoms with Crippen LogP contribution < -0.4 is 0 Å². The first kappa shape index (κ1) is 17.0. The monoisotopic (exact) mass is 294 g/mol. The fourth-order valence-electron chi connectivity index (χ4n) is 1.46. The summed E-state index contributed by atoms with van der Waals surface area (Å²) in [5.41, 5.74) is 1.37. The Morgan fingerprint density at radius 2 is 0.952 bits per heavy atom. The molecule has 102 valence electrons. The average molecular weight is 294 g/mol. The van der Waals surface area contributed by atoms with Crippen LogP contribution in [0.5, 0.6) is 0 Å². The van der Waals surface area contributed by atoms with Crippen molar-refractivity contribution in [2.75, 3.05) is 0 Å². The second-order valence-corrected chi connectivity index (χ2v) is 3.90. The predicted molar refractivity (Wildman–Crippen MR) is 78.1 cm³/mol. The number of nitrogens with zero attached hydrogens (tertiary/aromatic N) is 2. The van der Waals surface area contributed by atoms with E-state index < -0.39 is 11.9 Å². The number of carboxylic acids is 2. The van der Waals surface area contributed by atoms with Crippen LogP contribution in [0.2, 0.25) is 0 Å². The number of benzene rings is 2.